The number of fused-ring (bicyclic) bond motifs is 1. The number of aromatic amines is 1. The first-order chi connectivity index (χ1) is 59.2. The fourth-order valence-electron chi connectivity index (χ4n) is 12.9. The van der Waals surface area contributed by atoms with Crippen molar-refractivity contribution in [2.45, 2.75) is 242 Å². The van der Waals surface area contributed by atoms with Crippen molar-refractivity contribution in [3.05, 3.63) is 71.9 Å². The van der Waals surface area contributed by atoms with Crippen molar-refractivity contribution in [3.63, 3.8) is 0 Å². The van der Waals surface area contributed by atoms with Gasteiger partial charge in [-0.3, -0.25) is 76.7 Å². The first-order valence-corrected chi connectivity index (χ1v) is 45.8. The Morgan fingerprint density at radius 2 is 0.808 bits per heavy atom. The highest BCUT2D eigenvalue weighted by Crippen LogP contribution is 2.21. The molecule has 1 aromatic heterocycles. The number of unbranched alkanes of at least 4 members (excludes halogenated alkanes) is 2. The summed E-state index contributed by atoms with van der Waals surface area (Å²) in [6, 6.07) is -6.03. The van der Waals surface area contributed by atoms with Gasteiger partial charge in [-0.25, -0.2) is 4.79 Å². The van der Waals surface area contributed by atoms with E-state index >= 15 is 0 Å². The number of carboxylic acids is 3. The van der Waals surface area contributed by atoms with Crippen LogP contribution in [0.2, 0.25) is 0 Å². The molecule has 0 aliphatic rings. The number of carbonyl (C=O) groups excluding carboxylic acids is 14. The van der Waals surface area contributed by atoms with Crippen LogP contribution in [-0.4, -0.2) is 284 Å². The van der Waals surface area contributed by atoms with Gasteiger partial charge in [0.15, 0.2) is 0 Å². The zero-order valence-corrected chi connectivity index (χ0v) is 75.0. The standard InChI is InChI=1S/C82H130N18O22S3/c1-44(2)36-51(85)69(108)99-67(46(5)6)80(119)98-63(43-101)79(118)93-58(30-35-125-10)75(114)94-59(38-48-20-12-11-13-21-48)77(116)96-61(40-66(106)107)70(109)87-42-64(103)88-56(28-33-123-8)73(112)89-53(24-16-18-31-83)71(110)92-57(29-34-124-9)74(113)91-55(26-27-65(104)105)72(111)95-60(39-49-41-86-52-23-15-14-22-50(49)52)78(117)90-54(25-17-19-32-84)76(115)100-68(47(7)102)81(120)97-62(82(121)122)37-45(3)4/h11-15,20-23,41,44-47,51,53-63,67-68,86,101-102H,16-19,24-40,42-43,83-85H2,1-10H3,(H,87,109)(H,88,103)(H,89,112)(H,90,117)(H,91,113)(H,92,110)(H,93,118)(H,94,114)(H,95,111)(H,96,116)(H,97,120)(H,98,119)(H,99,108)(H,100,115)(H,104,105)(H,106,107)(H,121,122)/t47-,51+,53+,54+,55+,56+,57+,58+,59+,60+,61+,62+,63+,67+,68+/m1/s1. The zero-order valence-electron chi connectivity index (χ0n) is 72.6. The minimum Gasteiger partial charge on any atom is -0.481 e. The molecule has 0 aliphatic heterocycles. The van der Waals surface area contributed by atoms with Gasteiger partial charge in [0.2, 0.25) is 82.7 Å². The number of aliphatic carboxylic acids is 3. The van der Waals surface area contributed by atoms with Crippen molar-refractivity contribution >= 4 is 147 Å². The monoisotopic (exact) mass is 1810 g/mol. The van der Waals surface area contributed by atoms with Gasteiger partial charge in [-0.2, -0.15) is 35.3 Å². The highest BCUT2D eigenvalue weighted by atomic mass is 32.2. The molecule has 0 saturated carbocycles. The van der Waals surface area contributed by atoms with Crippen molar-refractivity contribution in [3.8, 4) is 0 Å². The number of amides is 14. The second kappa shape index (κ2) is 58.2. The zero-order chi connectivity index (χ0) is 93.6. The van der Waals surface area contributed by atoms with E-state index in [1.165, 1.54) is 42.2 Å². The Hall–Kier alpha value is -10.2. The first-order valence-electron chi connectivity index (χ1n) is 41.6. The molecule has 1 heterocycles. The summed E-state index contributed by atoms with van der Waals surface area (Å²) in [6.07, 6.45) is 3.14. The van der Waals surface area contributed by atoms with E-state index in [-0.39, 0.29) is 106 Å². The molecule has 0 saturated heterocycles. The number of rotatable bonds is 62. The molecule has 0 aliphatic carbocycles. The summed E-state index contributed by atoms with van der Waals surface area (Å²) in [5.74, 6) is -18.0. The molecule has 14 amide bonds. The highest BCUT2D eigenvalue weighted by Gasteiger charge is 2.40. The number of carbonyl (C=O) groups is 17. The summed E-state index contributed by atoms with van der Waals surface area (Å²) in [5, 5.41) is 86.8. The number of nitrogens with one attached hydrogen (secondary N) is 15. The molecule has 3 aromatic rings. The largest absolute Gasteiger partial charge is 0.481 e. The fourth-order valence-corrected chi connectivity index (χ4v) is 14.4. The fraction of sp³-hybridized carbons (Fsp3) is 0.622. The van der Waals surface area contributed by atoms with Crippen LogP contribution in [0.15, 0.2) is 60.8 Å². The molecule has 0 unspecified atom stereocenters. The Bertz CT molecular complexity index is 4030. The number of nitrogens with two attached hydrogens (primary N) is 3. The van der Waals surface area contributed by atoms with E-state index < -0.39 is 230 Å². The van der Waals surface area contributed by atoms with E-state index in [2.05, 4.69) is 79.4 Å². The van der Waals surface area contributed by atoms with Gasteiger partial charge in [-0.05, 0) is 168 Å². The number of thioether (sulfide) groups is 3. The number of aliphatic hydroxyl groups excluding tert-OH is 2. The van der Waals surface area contributed by atoms with Crippen LogP contribution in [0.4, 0.5) is 0 Å². The predicted octanol–water partition coefficient (Wildman–Crippen LogP) is -2.24. The second-order valence-electron chi connectivity index (χ2n) is 31.5. The lowest BCUT2D eigenvalue weighted by atomic mass is 10.00. The molecule has 0 bridgehead atoms. The van der Waals surface area contributed by atoms with Gasteiger partial charge >= 0.3 is 17.9 Å². The third-order valence-corrected chi connectivity index (χ3v) is 21.7. The molecule has 40 nitrogen and oxygen atoms in total. The van der Waals surface area contributed by atoms with Crippen molar-refractivity contribution in [1.29, 1.82) is 0 Å². The lowest BCUT2D eigenvalue weighted by Gasteiger charge is -2.28. The summed E-state index contributed by atoms with van der Waals surface area (Å²) in [7, 11) is 0. The topological polar surface area (TPSA) is 654 Å². The molecular formula is C82H130N18O22S3. The van der Waals surface area contributed by atoms with E-state index in [9.17, 15) is 107 Å². The number of carboxylic acid groups (broad SMARTS) is 3. The Kier molecular flexibility index (Phi) is 50.7. The molecule has 0 spiro atoms. The summed E-state index contributed by atoms with van der Waals surface area (Å²) >= 11 is 3.82. The summed E-state index contributed by atoms with van der Waals surface area (Å²) < 4.78 is 0. The molecule has 0 fully saturated rings. The van der Waals surface area contributed by atoms with Gasteiger partial charge in [0.25, 0.3) is 0 Å². The molecule has 43 heteroatoms. The number of aromatic nitrogens is 1. The Morgan fingerprint density at radius 3 is 1.26 bits per heavy atom. The third kappa shape index (κ3) is 40.3. The normalized spacial score (nSPS) is 14.9. The number of H-pyrrole nitrogens is 1. The molecule has 26 N–H and O–H groups in total. The van der Waals surface area contributed by atoms with Crippen LogP contribution in [0, 0.1) is 17.8 Å². The van der Waals surface area contributed by atoms with Crippen LogP contribution in [0.5, 0.6) is 0 Å². The van der Waals surface area contributed by atoms with Gasteiger partial charge in [0.05, 0.1) is 31.7 Å². The summed E-state index contributed by atoms with van der Waals surface area (Å²) in [5.41, 5.74) is 19.3. The Balaban J connectivity index is 1.94. The van der Waals surface area contributed by atoms with Crippen molar-refractivity contribution in [2.75, 3.05) is 62.3 Å². The molecule has 2 aromatic carbocycles. The molecule has 3 rings (SSSR count). The van der Waals surface area contributed by atoms with Crippen LogP contribution in [0.1, 0.15) is 149 Å². The lowest BCUT2D eigenvalue weighted by molar-refractivity contribution is -0.143. The summed E-state index contributed by atoms with van der Waals surface area (Å²) in [4.78, 5) is 238. The number of aliphatic hydroxyl groups is 2. The summed E-state index contributed by atoms with van der Waals surface area (Å²) in [6.45, 7) is 10.1. The Labute approximate surface area is 740 Å². The molecular weight excluding hydrogens is 1690 g/mol. The molecule has 0 radical (unpaired) electrons. The average molecular weight is 1820 g/mol. The maximum atomic E-state index is 14.9. The lowest BCUT2D eigenvalue weighted by Crippen LogP contribution is -2.61. The van der Waals surface area contributed by atoms with E-state index in [0.29, 0.717) is 41.3 Å². The molecule has 125 heavy (non-hydrogen) atoms. The van der Waals surface area contributed by atoms with Crippen LogP contribution in [0.3, 0.4) is 0 Å². The third-order valence-electron chi connectivity index (χ3n) is 19.8. The molecule has 15 atom stereocenters. The quantitative estimate of drug-likeness (QED) is 0.0266. The van der Waals surface area contributed by atoms with Crippen molar-refractivity contribution in [1.82, 2.24) is 79.4 Å². The van der Waals surface area contributed by atoms with Gasteiger partial charge in [0.1, 0.15) is 78.5 Å². The van der Waals surface area contributed by atoms with Crippen LogP contribution in [-0.2, 0) is 94.3 Å². The minimum absolute atomic E-state index is 0.00538. The average Bonchev–Trinajstić information content (AvgIpc) is 1.71. The van der Waals surface area contributed by atoms with Gasteiger partial charge < -0.3 is 122 Å². The number of para-hydroxylation sites is 1. The molecule has 698 valence electrons. The number of benzene rings is 2. The van der Waals surface area contributed by atoms with E-state index in [1.807, 2.05) is 13.8 Å². The highest BCUT2D eigenvalue weighted by molar-refractivity contribution is 7.99. The second-order valence-corrected chi connectivity index (χ2v) is 34.4. The SMILES string of the molecule is CSCC[C@H](NC(=O)CNC(=O)[C@H](CC(=O)O)NC(=O)[C@H](Cc1ccccc1)NC(=O)[C@H](CCSC)NC(=O)[C@H](CO)NC(=O)[C@@H](NC(=O)[C@@H](N)CC(C)C)C(C)C)C(=O)N[C@@H](CCCCN)C(=O)N[C@@H](CCSC)C(=O)N[C@@H](CCC(=O)O)C(=O)N[C@@H](Cc1c[nH]c2ccccc12)C(=O)N[C@@H](CCCCN)C(=O)N[C@H](C(=O)N[C@@H](CC(C)C)C(=O)O)[C@@H](C)O. The maximum Gasteiger partial charge on any atom is 0.326 e. The van der Waals surface area contributed by atoms with Crippen LogP contribution >= 0.6 is 35.3 Å². The van der Waals surface area contributed by atoms with Gasteiger partial charge in [0, 0.05) is 36.4 Å². The smallest absolute Gasteiger partial charge is 0.326 e. The van der Waals surface area contributed by atoms with Crippen molar-refractivity contribution in [2.24, 2.45) is 35.0 Å². The first kappa shape index (κ1) is 109. The van der Waals surface area contributed by atoms with Crippen LogP contribution < -0.4 is 91.6 Å². The Morgan fingerprint density at radius 1 is 0.408 bits per heavy atom. The minimum atomic E-state index is -1.93. The van der Waals surface area contributed by atoms with E-state index in [1.54, 1.807) is 107 Å². The van der Waals surface area contributed by atoms with E-state index in [0.717, 1.165) is 0 Å². The van der Waals surface area contributed by atoms with Gasteiger partial charge in [-0.1, -0.05) is 90.1 Å². The maximum absolute atomic E-state index is 14.9. The van der Waals surface area contributed by atoms with E-state index in [4.69, 9.17) is 17.2 Å². The number of hydrogen-bond donors (Lipinski definition) is 23. The predicted molar refractivity (Wildman–Crippen MR) is 472 cm³/mol. The number of hydrogen-bond acceptors (Lipinski definition) is 25. The van der Waals surface area contributed by atoms with Gasteiger partial charge in [-0.15, -0.1) is 0 Å². The van der Waals surface area contributed by atoms with Crippen molar-refractivity contribution < 1.29 is 107 Å². The van der Waals surface area contributed by atoms with Crippen LogP contribution in [0.25, 0.3) is 10.9 Å².